The monoisotopic (exact) mass is 171 g/mol. The van der Waals surface area contributed by atoms with Gasteiger partial charge in [-0.2, -0.15) is 0 Å². The smallest absolute Gasteiger partial charge is 0.220 e. The molecule has 0 bridgehead atoms. The first-order valence-electron chi connectivity index (χ1n) is 4.41. The molecule has 1 unspecified atom stereocenters. The van der Waals surface area contributed by atoms with E-state index in [9.17, 15) is 9.59 Å². The van der Waals surface area contributed by atoms with Gasteiger partial charge < -0.3 is 5.32 Å². The molecular formula is C9H17NO2. The fourth-order valence-corrected chi connectivity index (χ4v) is 0.962. The van der Waals surface area contributed by atoms with Gasteiger partial charge in [-0.15, -0.1) is 0 Å². The molecule has 70 valence electrons. The van der Waals surface area contributed by atoms with Crippen molar-refractivity contribution in [2.24, 2.45) is 0 Å². The molecule has 0 radical (unpaired) electrons. The van der Waals surface area contributed by atoms with Crippen molar-refractivity contribution in [1.82, 2.24) is 5.32 Å². The fraction of sp³-hybridized carbons (Fsp3) is 0.778. The van der Waals surface area contributed by atoms with Gasteiger partial charge in [0.1, 0.15) is 0 Å². The summed E-state index contributed by atoms with van der Waals surface area (Å²) >= 11 is 0. The van der Waals surface area contributed by atoms with Crippen molar-refractivity contribution in [1.29, 1.82) is 0 Å². The van der Waals surface area contributed by atoms with E-state index in [0.29, 0.717) is 6.42 Å². The van der Waals surface area contributed by atoms with E-state index in [1.807, 2.05) is 6.92 Å². The molecule has 0 aromatic heterocycles. The fourth-order valence-electron chi connectivity index (χ4n) is 0.962. The van der Waals surface area contributed by atoms with Crippen LogP contribution in [0.3, 0.4) is 0 Å². The maximum atomic E-state index is 11.0. The van der Waals surface area contributed by atoms with Gasteiger partial charge in [-0.3, -0.25) is 9.59 Å². The Hall–Kier alpha value is -0.860. The highest BCUT2D eigenvalue weighted by Crippen LogP contribution is 1.98. The summed E-state index contributed by atoms with van der Waals surface area (Å²) in [5.41, 5.74) is 0. The normalized spacial score (nSPS) is 12.2. The van der Waals surface area contributed by atoms with Crippen molar-refractivity contribution in [3.8, 4) is 0 Å². The topological polar surface area (TPSA) is 46.2 Å². The van der Waals surface area contributed by atoms with Gasteiger partial charge in [0.05, 0.1) is 6.04 Å². The molecule has 3 nitrogen and oxygen atoms in total. The standard InChI is InChI=1S/C9H17NO2/c1-4-6-8(7(3)11)10-9(12)5-2/h8H,4-6H2,1-3H3,(H,10,12). The summed E-state index contributed by atoms with van der Waals surface area (Å²) in [4.78, 5) is 21.9. The number of hydrogen-bond acceptors (Lipinski definition) is 2. The molecule has 0 aromatic carbocycles. The van der Waals surface area contributed by atoms with Crippen LogP contribution in [0.2, 0.25) is 0 Å². The molecule has 1 N–H and O–H groups in total. The molecule has 0 aliphatic heterocycles. The number of carbonyl (C=O) groups is 2. The summed E-state index contributed by atoms with van der Waals surface area (Å²) in [5.74, 6) is -0.0118. The lowest BCUT2D eigenvalue weighted by Gasteiger charge is -2.13. The zero-order valence-electron chi connectivity index (χ0n) is 8.02. The Balaban J connectivity index is 3.95. The number of ketones is 1. The number of hydrogen-bond donors (Lipinski definition) is 1. The summed E-state index contributed by atoms with van der Waals surface area (Å²) in [6.07, 6.45) is 2.09. The minimum absolute atomic E-state index is 0.0404. The summed E-state index contributed by atoms with van der Waals surface area (Å²) in [5, 5.41) is 2.68. The molecule has 0 saturated carbocycles. The summed E-state index contributed by atoms with van der Waals surface area (Å²) < 4.78 is 0. The summed E-state index contributed by atoms with van der Waals surface area (Å²) in [7, 11) is 0. The Morgan fingerprint density at radius 2 is 1.92 bits per heavy atom. The van der Waals surface area contributed by atoms with Crippen molar-refractivity contribution in [3.05, 3.63) is 0 Å². The lowest BCUT2D eigenvalue weighted by molar-refractivity contribution is -0.126. The quantitative estimate of drug-likeness (QED) is 0.677. The van der Waals surface area contributed by atoms with E-state index in [4.69, 9.17) is 0 Å². The highest BCUT2D eigenvalue weighted by molar-refractivity contribution is 5.87. The summed E-state index contributed by atoms with van der Waals surface area (Å²) in [6.45, 7) is 5.28. The molecule has 0 aromatic rings. The lowest BCUT2D eigenvalue weighted by atomic mass is 10.1. The lowest BCUT2D eigenvalue weighted by Crippen LogP contribution is -2.39. The molecular weight excluding hydrogens is 154 g/mol. The maximum Gasteiger partial charge on any atom is 0.220 e. The molecule has 1 amide bonds. The first-order chi connectivity index (χ1) is 5.61. The van der Waals surface area contributed by atoms with Gasteiger partial charge in [0.2, 0.25) is 5.91 Å². The Morgan fingerprint density at radius 3 is 2.25 bits per heavy atom. The van der Waals surface area contributed by atoms with Gasteiger partial charge in [0.15, 0.2) is 5.78 Å². The predicted octanol–water partition coefficient (Wildman–Crippen LogP) is 1.27. The van der Waals surface area contributed by atoms with Crippen LogP contribution >= 0.6 is 0 Å². The predicted molar refractivity (Wildman–Crippen MR) is 47.8 cm³/mol. The van der Waals surface area contributed by atoms with Crippen molar-refractivity contribution < 1.29 is 9.59 Å². The summed E-state index contributed by atoms with van der Waals surface area (Å²) in [6, 6.07) is -0.276. The number of carbonyl (C=O) groups excluding carboxylic acids is 2. The van der Waals surface area contributed by atoms with Gasteiger partial charge in [-0.05, 0) is 13.3 Å². The van der Waals surface area contributed by atoms with Gasteiger partial charge in [0, 0.05) is 6.42 Å². The SMILES string of the molecule is CCCC(NC(=O)CC)C(C)=O. The van der Waals surface area contributed by atoms with Crippen LogP contribution in [-0.2, 0) is 9.59 Å². The van der Waals surface area contributed by atoms with E-state index in [2.05, 4.69) is 5.32 Å². The molecule has 0 saturated heterocycles. The second-order valence-corrected chi connectivity index (χ2v) is 2.87. The molecule has 0 fully saturated rings. The van der Waals surface area contributed by atoms with Crippen molar-refractivity contribution in [3.63, 3.8) is 0 Å². The molecule has 0 aliphatic rings. The van der Waals surface area contributed by atoms with Crippen LogP contribution in [0.15, 0.2) is 0 Å². The third-order valence-electron chi connectivity index (χ3n) is 1.72. The highest BCUT2D eigenvalue weighted by Gasteiger charge is 2.14. The molecule has 0 rings (SSSR count). The minimum atomic E-state index is -0.276. The molecule has 0 spiro atoms. The Bertz CT molecular complexity index is 164. The number of rotatable bonds is 5. The first kappa shape index (κ1) is 11.1. The maximum absolute atomic E-state index is 11.0. The Labute approximate surface area is 73.5 Å². The van der Waals surface area contributed by atoms with Crippen LogP contribution in [-0.4, -0.2) is 17.7 Å². The average molecular weight is 171 g/mol. The highest BCUT2D eigenvalue weighted by atomic mass is 16.2. The number of amides is 1. The number of nitrogens with one attached hydrogen (secondary N) is 1. The van der Waals surface area contributed by atoms with Crippen molar-refractivity contribution in [2.45, 2.75) is 46.1 Å². The van der Waals surface area contributed by atoms with Crippen LogP contribution < -0.4 is 5.32 Å². The largest absolute Gasteiger partial charge is 0.346 e. The van der Waals surface area contributed by atoms with Crippen LogP contribution in [0, 0.1) is 0 Å². The van der Waals surface area contributed by atoms with E-state index >= 15 is 0 Å². The van der Waals surface area contributed by atoms with E-state index < -0.39 is 0 Å². The first-order valence-corrected chi connectivity index (χ1v) is 4.41. The third kappa shape index (κ3) is 4.11. The Morgan fingerprint density at radius 1 is 1.33 bits per heavy atom. The van der Waals surface area contributed by atoms with Gasteiger partial charge in [-0.25, -0.2) is 0 Å². The van der Waals surface area contributed by atoms with Gasteiger partial charge >= 0.3 is 0 Å². The molecule has 0 aliphatic carbocycles. The van der Waals surface area contributed by atoms with Crippen LogP contribution in [0.5, 0.6) is 0 Å². The van der Waals surface area contributed by atoms with Crippen LogP contribution in [0.1, 0.15) is 40.0 Å². The zero-order chi connectivity index (χ0) is 9.56. The molecule has 3 heteroatoms. The van der Waals surface area contributed by atoms with Crippen molar-refractivity contribution in [2.75, 3.05) is 0 Å². The second kappa shape index (κ2) is 5.75. The number of Topliss-reactive ketones (excluding diaryl/α,β-unsaturated/α-hetero) is 1. The van der Waals surface area contributed by atoms with E-state index in [1.54, 1.807) is 6.92 Å². The van der Waals surface area contributed by atoms with Crippen LogP contribution in [0.25, 0.3) is 0 Å². The van der Waals surface area contributed by atoms with Crippen molar-refractivity contribution >= 4 is 11.7 Å². The van der Waals surface area contributed by atoms with Gasteiger partial charge in [-0.1, -0.05) is 20.3 Å². The van der Waals surface area contributed by atoms with E-state index in [-0.39, 0.29) is 17.7 Å². The molecule has 1 atom stereocenters. The Kier molecular flexibility index (Phi) is 5.34. The van der Waals surface area contributed by atoms with Crippen LogP contribution in [0.4, 0.5) is 0 Å². The van der Waals surface area contributed by atoms with E-state index in [1.165, 1.54) is 6.92 Å². The average Bonchev–Trinajstić information content (AvgIpc) is 2.03. The minimum Gasteiger partial charge on any atom is -0.346 e. The molecule has 0 heterocycles. The second-order valence-electron chi connectivity index (χ2n) is 2.87. The van der Waals surface area contributed by atoms with E-state index in [0.717, 1.165) is 12.8 Å². The van der Waals surface area contributed by atoms with Gasteiger partial charge in [0.25, 0.3) is 0 Å². The zero-order valence-corrected chi connectivity index (χ0v) is 8.02. The molecule has 12 heavy (non-hydrogen) atoms. The third-order valence-corrected chi connectivity index (χ3v) is 1.72.